The summed E-state index contributed by atoms with van der Waals surface area (Å²) in [7, 11) is 0. The first kappa shape index (κ1) is 13.3. The molecule has 0 aliphatic rings. The Balaban J connectivity index is 2.66. The molecule has 1 heterocycles. The Kier molecular flexibility index (Phi) is 5.03. The van der Waals surface area contributed by atoms with E-state index in [4.69, 9.17) is 17.3 Å². The summed E-state index contributed by atoms with van der Waals surface area (Å²) in [6, 6.07) is 1.88. The summed E-state index contributed by atoms with van der Waals surface area (Å²) in [5.41, 5.74) is 6.93. The van der Waals surface area contributed by atoms with Crippen molar-refractivity contribution in [1.82, 2.24) is 4.98 Å². The van der Waals surface area contributed by atoms with E-state index in [9.17, 15) is 0 Å². The lowest BCUT2D eigenvalue weighted by Crippen LogP contribution is -2.36. The summed E-state index contributed by atoms with van der Waals surface area (Å²) in [4.78, 5) is 3.95. The van der Waals surface area contributed by atoms with Gasteiger partial charge in [-0.1, -0.05) is 25.4 Å². The van der Waals surface area contributed by atoms with E-state index in [0.717, 1.165) is 25.1 Å². The van der Waals surface area contributed by atoms with Gasteiger partial charge in [-0.3, -0.25) is 4.98 Å². The first-order valence-corrected chi connectivity index (χ1v) is 6.08. The average Bonchev–Trinajstić information content (AvgIpc) is 2.34. The van der Waals surface area contributed by atoms with Crippen LogP contribution in [0.15, 0.2) is 18.5 Å². The predicted molar refractivity (Wildman–Crippen MR) is 69.8 cm³/mol. The molecule has 0 aliphatic carbocycles. The average molecular weight is 242 g/mol. The number of rotatable bonds is 6. The highest BCUT2D eigenvalue weighted by molar-refractivity contribution is 6.33. The van der Waals surface area contributed by atoms with Crippen LogP contribution < -0.4 is 11.1 Å². The molecule has 3 N–H and O–H groups in total. The van der Waals surface area contributed by atoms with Gasteiger partial charge in [-0.05, 0) is 30.9 Å². The second kappa shape index (κ2) is 6.06. The highest BCUT2D eigenvalue weighted by Crippen LogP contribution is 2.27. The Morgan fingerprint density at radius 1 is 1.44 bits per heavy atom. The molecular formula is C12H20ClN3. The zero-order chi connectivity index (χ0) is 12.0. The molecule has 0 aliphatic heterocycles. The third-order valence-electron chi connectivity index (χ3n) is 3.36. The summed E-state index contributed by atoms with van der Waals surface area (Å²) in [5.74, 6) is 0. The number of hydrogen-bond acceptors (Lipinski definition) is 3. The molecule has 16 heavy (non-hydrogen) atoms. The van der Waals surface area contributed by atoms with Gasteiger partial charge in [0.05, 0.1) is 10.7 Å². The third kappa shape index (κ3) is 3.09. The van der Waals surface area contributed by atoms with E-state index < -0.39 is 0 Å². The molecular weight excluding hydrogens is 222 g/mol. The van der Waals surface area contributed by atoms with E-state index in [1.807, 2.05) is 6.07 Å². The number of nitrogens with zero attached hydrogens (tertiary/aromatic N) is 1. The highest BCUT2D eigenvalue weighted by atomic mass is 35.5. The van der Waals surface area contributed by atoms with Gasteiger partial charge >= 0.3 is 0 Å². The molecule has 3 nitrogen and oxygen atoms in total. The Bertz CT molecular complexity index is 316. The van der Waals surface area contributed by atoms with E-state index in [-0.39, 0.29) is 5.41 Å². The molecule has 1 aromatic rings. The van der Waals surface area contributed by atoms with Crippen molar-refractivity contribution >= 4 is 17.3 Å². The fourth-order valence-electron chi connectivity index (χ4n) is 1.66. The quantitative estimate of drug-likeness (QED) is 0.805. The Labute approximate surface area is 102 Å². The monoisotopic (exact) mass is 241 g/mol. The molecule has 0 bridgehead atoms. The smallest absolute Gasteiger partial charge is 0.0820 e. The van der Waals surface area contributed by atoms with Gasteiger partial charge in [-0.25, -0.2) is 0 Å². The summed E-state index contributed by atoms with van der Waals surface area (Å²) in [6.07, 6.45) is 5.51. The number of anilines is 1. The van der Waals surface area contributed by atoms with Crippen LogP contribution in [-0.2, 0) is 0 Å². The van der Waals surface area contributed by atoms with E-state index in [1.165, 1.54) is 0 Å². The molecule has 0 atom stereocenters. The second-order valence-corrected chi connectivity index (χ2v) is 4.53. The molecule has 0 unspecified atom stereocenters. The van der Waals surface area contributed by atoms with Crippen molar-refractivity contribution in [3.05, 3.63) is 23.5 Å². The van der Waals surface area contributed by atoms with Crippen LogP contribution in [-0.4, -0.2) is 18.1 Å². The highest BCUT2D eigenvalue weighted by Gasteiger charge is 2.24. The van der Waals surface area contributed by atoms with Crippen molar-refractivity contribution < 1.29 is 0 Å². The second-order valence-electron chi connectivity index (χ2n) is 4.12. The molecule has 0 saturated heterocycles. The minimum atomic E-state index is 0.159. The van der Waals surface area contributed by atoms with E-state index in [2.05, 4.69) is 24.1 Å². The molecule has 1 aromatic heterocycles. The summed E-state index contributed by atoms with van der Waals surface area (Å²) in [5, 5.41) is 4.01. The van der Waals surface area contributed by atoms with Gasteiger partial charge in [0.2, 0.25) is 0 Å². The lowest BCUT2D eigenvalue weighted by molar-refractivity contribution is 0.294. The first-order valence-electron chi connectivity index (χ1n) is 5.71. The van der Waals surface area contributed by atoms with Crippen LogP contribution >= 0.6 is 11.6 Å². The predicted octanol–water partition coefficient (Wildman–Crippen LogP) is 2.91. The van der Waals surface area contributed by atoms with E-state index in [1.54, 1.807) is 12.4 Å². The van der Waals surface area contributed by atoms with Crippen LogP contribution in [0.1, 0.15) is 26.7 Å². The van der Waals surface area contributed by atoms with Crippen molar-refractivity contribution in [3.8, 4) is 0 Å². The number of halogens is 1. The van der Waals surface area contributed by atoms with Gasteiger partial charge in [-0.15, -0.1) is 0 Å². The molecule has 1 rings (SSSR count). The number of pyridine rings is 1. The molecule has 4 heteroatoms. The zero-order valence-electron chi connectivity index (χ0n) is 9.96. The van der Waals surface area contributed by atoms with Crippen LogP contribution in [0.25, 0.3) is 0 Å². The Morgan fingerprint density at radius 3 is 2.62 bits per heavy atom. The Hall–Kier alpha value is -0.800. The molecule has 0 spiro atoms. The van der Waals surface area contributed by atoms with E-state index >= 15 is 0 Å². The topological polar surface area (TPSA) is 50.9 Å². The number of hydrogen-bond donors (Lipinski definition) is 2. The van der Waals surface area contributed by atoms with Crippen LogP contribution in [0.3, 0.4) is 0 Å². The standard InChI is InChI=1S/C12H20ClN3/c1-3-12(4-2,8-14)9-16-11-5-6-15-7-10(11)13/h5-7H,3-4,8-9,14H2,1-2H3,(H,15,16). The number of aromatic nitrogens is 1. The van der Waals surface area contributed by atoms with Crippen LogP contribution in [0.4, 0.5) is 5.69 Å². The van der Waals surface area contributed by atoms with Crippen molar-refractivity contribution in [3.63, 3.8) is 0 Å². The molecule has 0 fully saturated rings. The normalized spacial score (nSPS) is 11.5. The lowest BCUT2D eigenvalue weighted by Gasteiger charge is -2.30. The SMILES string of the molecule is CCC(CC)(CN)CNc1ccncc1Cl. The van der Waals surface area contributed by atoms with Gasteiger partial charge in [-0.2, -0.15) is 0 Å². The van der Waals surface area contributed by atoms with Crippen molar-refractivity contribution in [2.24, 2.45) is 11.1 Å². The summed E-state index contributed by atoms with van der Waals surface area (Å²) in [6.45, 7) is 5.88. The number of nitrogens with one attached hydrogen (secondary N) is 1. The Morgan fingerprint density at radius 2 is 2.12 bits per heavy atom. The minimum absolute atomic E-state index is 0.159. The van der Waals surface area contributed by atoms with Gasteiger partial charge in [0.1, 0.15) is 0 Å². The minimum Gasteiger partial charge on any atom is -0.383 e. The van der Waals surface area contributed by atoms with Gasteiger partial charge in [0, 0.05) is 18.9 Å². The molecule has 0 saturated carbocycles. The largest absolute Gasteiger partial charge is 0.383 e. The van der Waals surface area contributed by atoms with Gasteiger partial charge in [0.25, 0.3) is 0 Å². The molecule has 90 valence electrons. The maximum atomic E-state index is 6.03. The summed E-state index contributed by atoms with van der Waals surface area (Å²) < 4.78 is 0. The van der Waals surface area contributed by atoms with Crippen molar-refractivity contribution in [2.45, 2.75) is 26.7 Å². The van der Waals surface area contributed by atoms with Crippen molar-refractivity contribution in [2.75, 3.05) is 18.4 Å². The fraction of sp³-hybridized carbons (Fsp3) is 0.583. The number of nitrogens with two attached hydrogens (primary N) is 1. The van der Waals surface area contributed by atoms with Crippen molar-refractivity contribution in [1.29, 1.82) is 0 Å². The fourth-order valence-corrected chi connectivity index (χ4v) is 1.85. The lowest BCUT2D eigenvalue weighted by atomic mass is 9.82. The molecule has 0 amide bonds. The zero-order valence-corrected chi connectivity index (χ0v) is 10.7. The molecule has 0 radical (unpaired) electrons. The summed E-state index contributed by atoms with van der Waals surface area (Å²) >= 11 is 6.03. The maximum absolute atomic E-state index is 6.03. The van der Waals surface area contributed by atoms with Crippen LogP contribution in [0, 0.1) is 5.41 Å². The van der Waals surface area contributed by atoms with Gasteiger partial charge in [0.15, 0.2) is 0 Å². The van der Waals surface area contributed by atoms with Crippen LogP contribution in [0.5, 0.6) is 0 Å². The molecule has 0 aromatic carbocycles. The van der Waals surface area contributed by atoms with Gasteiger partial charge < -0.3 is 11.1 Å². The van der Waals surface area contributed by atoms with E-state index in [0.29, 0.717) is 11.6 Å². The first-order chi connectivity index (χ1) is 7.67. The maximum Gasteiger partial charge on any atom is 0.0820 e. The third-order valence-corrected chi connectivity index (χ3v) is 3.66. The van der Waals surface area contributed by atoms with Crippen LogP contribution in [0.2, 0.25) is 5.02 Å².